The summed E-state index contributed by atoms with van der Waals surface area (Å²) >= 11 is 6.19. The van der Waals surface area contributed by atoms with Gasteiger partial charge >= 0.3 is 6.61 Å². The monoisotopic (exact) mass is 587 g/mol. The Kier molecular flexibility index (Phi) is 8.71. The predicted octanol–water partition coefficient (Wildman–Crippen LogP) is 2.46. The van der Waals surface area contributed by atoms with Crippen molar-refractivity contribution in [2.24, 2.45) is 0 Å². The third-order valence-corrected chi connectivity index (χ3v) is 6.88. The third kappa shape index (κ3) is 6.61. The number of alkyl halides is 2. The van der Waals surface area contributed by atoms with Gasteiger partial charge in [0.1, 0.15) is 23.6 Å². The van der Waals surface area contributed by atoms with Crippen LogP contribution in [0.3, 0.4) is 0 Å². The van der Waals surface area contributed by atoms with E-state index in [4.69, 9.17) is 16.3 Å². The van der Waals surface area contributed by atoms with Crippen molar-refractivity contribution in [2.75, 3.05) is 51.6 Å². The number of rotatable bonds is 10. The van der Waals surface area contributed by atoms with Crippen molar-refractivity contribution in [1.82, 2.24) is 39.5 Å². The highest BCUT2D eigenvalue weighted by atomic mass is 35.5. The molecule has 0 saturated carbocycles. The molecule has 0 aliphatic carbocycles. The Morgan fingerprint density at radius 3 is 2.76 bits per heavy atom. The van der Waals surface area contributed by atoms with E-state index in [1.807, 2.05) is 7.05 Å². The maximum atomic E-state index is 13.3. The Morgan fingerprint density at radius 2 is 2.00 bits per heavy atom. The van der Waals surface area contributed by atoms with E-state index in [2.05, 4.69) is 30.7 Å². The zero-order valence-electron chi connectivity index (χ0n) is 22.1. The van der Waals surface area contributed by atoms with E-state index in [0.29, 0.717) is 18.7 Å². The van der Waals surface area contributed by atoms with Gasteiger partial charge in [-0.2, -0.15) is 19.0 Å². The van der Waals surface area contributed by atoms with Crippen LogP contribution >= 0.6 is 11.6 Å². The van der Waals surface area contributed by atoms with Crippen LogP contribution in [-0.2, 0) is 11.3 Å². The molecule has 0 atom stereocenters. The highest BCUT2D eigenvalue weighted by Gasteiger charge is 2.25. The minimum atomic E-state index is -3.10. The average molecular weight is 588 g/mol. The molecule has 15 heteroatoms. The largest absolute Gasteiger partial charge is 0.434 e. The van der Waals surface area contributed by atoms with Gasteiger partial charge in [0.15, 0.2) is 5.65 Å². The molecule has 1 aliphatic rings. The summed E-state index contributed by atoms with van der Waals surface area (Å²) in [7, 11) is 1.90. The van der Waals surface area contributed by atoms with E-state index in [9.17, 15) is 18.4 Å². The number of nitrogens with zero attached hydrogens (tertiary/aromatic N) is 7. The quantitative estimate of drug-likeness (QED) is 0.290. The number of anilines is 1. The first kappa shape index (κ1) is 28.4. The maximum Gasteiger partial charge on any atom is 0.387 e. The SMILES string of the molecule is CNCCN1CCN(C(=O)Cn2cc(NC(=O)c3cnn4cccnc34)c(-c3cc(Cl)ccc3OC(F)F)n2)CC1. The van der Waals surface area contributed by atoms with E-state index < -0.39 is 12.5 Å². The van der Waals surface area contributed by atoms with Gasteiger partial charge in [0.05, 0.1) is 11.9 Å². The Labute approximate surface area is 238 Å². The van der Waals surface area contributed by atoms with Gasteiger partial charge in [-0.05, 0) is 31.3 Å². The maximum absolute atomic E-state index is 13.3. The van der Waals surface area contributed by atoms with E-state index in [1.54, 1.807) is 17.2 Å². The number of likely N-dealkylation sites (N-methyl/N-ethyl adjacent to an activating group) is 1. The molecule has 216 valence electrons. The summed E-state index contributed by atoms with van der Waals surface area (Å²) in [6.07, 6.45) is 6.02. The average Bonchev–Trinajstić information content (AvgIpc) is 3.57. The summed E-state index contributed by atoms with van der Waals surface area (Å²) < 4.78 is 34.0. The molecule has 5 rings (SSSR count). The van der Waals surface area contributed by atoms with Crippen molar-refractivity contribution in [1.29, 1.82) is 0 Å². The Hall–Kier alpha value is -4.14. The molecule has 0 spiro atoms. The van der Waals surface area contributed by atoms with Crippen LogP contribution in [0.1, 0.15) is 10.4 Å². The molecule has 0 bridgehead atoms. The number of aromatic nitrogens is 5. The van der Waals surface area contributed by atoms with Crippen LogP contribution in [-0.4, -0.2) is 98.9 Å². The summed E-state index contributed by atoms with van der Waals surface area (Å²) in [5.74, 6) is -0.902. The summed E-state index contributed by atoms with van der Waals surface area (Å²) in [4.78, 5) is 34.7. The summed E-state index contributed by atoms with van der Waals surface area (Å²) in [5, 5.41) is 14.8. The first-order chi connectivity index (χ1) is 19.8. The number of ether oxygens (including phenoxy) is 1. The third-order valence-electron chi connectivity index (χ3n) is 6.65. The first-order valence-electron chi connectivity index (χ1n) is 12.9. The van der Waals surface area contributed by atoms with Gasteiger partial charge in [-0.15, -0.1) is 0 Å². The normalized spacial score (nSPS) is 14.1. The van der Waals surface area contributed by atoms with Crippen LogP contribution in [0.15, 0.2) is 49.1 Å². The molecule has 0 radical (unpaired) electrons. The number of amides is 2. The van der Waals surface area contributed by atoms with Gasteiger partial charge in [0.2, 0.25) is 5.91 Å². The fourth-order valence-electron chi connectivity index (χ4n) is 4.59. The summed E-state index contributed by atoms with van der Waals surface area (Å²) in [6, 6.07) is 5.78. The Balaban J connectivity index is 1.43. The zero-order valence-corrected chi connectivity index (χ0v) is 22.9. The number of halogens is 3. The van der Waals surface area contributed by atoms with Crippen molar-refractivity contribution >= 4 is 34.7 Å². The second-order valence-electron chi connectivity index (χ2n) is 9.33. The van der Waals surface area contributed by atoms with Gasteiger partial charge in [0, 0.05) is 68.4 Å². The molecule has 41 heavy (non-hydrogen) atoms. The standard InChI is InChI=1S/C26H28ClF2N9O3/c1-30-6-8-35-9-11-36(12-10-35)22(39)16-37-15-20(33-25(40)19-14-32-38-7-2-5-31-24(19)38)23(34-37)18-13-17(27)3-4-21(18)41-26(28)29/h2-5,7,13-15,26,30H,6,8-12,16H2,1H3,(H,33,40). The molecule has 2 amide bonds. The molecule has 2 N–H and O–H groups in total. The Bertz CT molecular complexity index is 1540. The lowest BCUT2D eigenvalue weighted by molar-refractivity contribution is -0.133. The molecule has 3 aromatic heterocycles. The predicted molar refractivity (Wildman–Crippen MR) is 147 cm³/mol. The van der Waals surface area contributed by atoms with Crippen molar-refractivity contribution in [3.8, 4) is 17.0 Å². The van der Waals surface area contributed by atoms with Gasteiger partial charge in [-0.1, -0.05) is 11.6 Å². The highest BCUT2D eigenvalue weighted by Crippen LogP contribution is 2.37. The molecule has 4 heterocycles. The van der Waals surface area contributed by atoms with Crippen LogP contribution < -0.4 is 15.4 Å². The minimum Gasteiger partial charge on any atom is -0.434 e. The lowest BCUT2D eigenvalue weighted by Gasteiger charge is -2.34. The number of hydrogen-bond acceptors (Lipinski definition) is 8. The Morgan fingerprint density at radius 1 is 1.20 bits per heavy atom. The summed E-state index contributed by atoms with van der Waals surface area (Å²) in [5.41, 5.74) is 0.900. The molecular formula is C26H28ClF2N9O3. The number of hydrogen-bond donors (Lipinski definition) is 2. The molecule has 4 aromatic rings. The van der Waals surface area contributed by atoms with E-state index in [0.717, 1.165) is 26.2 Å². The van der Waals surface area contributed by atoms with Crippen LogP contribution in [0.4, 0.5) is 14.5 Å². The zero-order chi connectivity index (χ0) is 28.9. The van der Waals surface area contributed by atoms with Crippen LogP contribution in [0.25, 0.3) is 16.9 Å². The molecule has 1 saturated heterocycles. The van der Waals surface area contributed by atoms with Gasteiger partial charge < -0.3 is 20.3 Å². The van der Waals surface area contributed by atoms with Crippen LogP contribution in [0, 0.1) is 0 Å². The van der Waals surface area contributed by atoms with Crippen LogP contribution in [0.2, 0.25) is 5.02 Å². The van der Waals surface area contributed by atoms with Gasteiger partial charge in [-0.25, -0.2) is 9.50 Å². The number of benzene rings is 1. The van der Waals surface area contributed by atoms with E-state index >= 15 is 0 Å². The molecule has 1 aliphatic heterocycles. The van der Waals surface area contributed by atoms with Gasteiger partial charge in [-0.3, -0.25) is 19.2 Å². The summed E-state index contributed by atoms with van der Waals surface area (Å²) in [6.45, 7) is 1.19. The van der Waals surface area contributed by atoms with Crippen molar-refractivity contribution < 1.29 is 23.1 Å². The highest BCUT2D eigenvalue weighted by molar-refractivity contribution is 6.31. The number of nitrogens with one attached hydrogen (secondary N) is 2. The number of fused-ring (bicyclic) bond motifs is 1. The van der Waals surface area contributed by atoms with E-state index in [1.165, 1.54) is 46.0 Å². The lowest BCUT2D eigenvalue weighted by Crippen LogP contribution is -2.50. The lowest BCUT2D eigenvalue weighted by atomic mass is 10.1. The number of piperazine rings is 1. The topological polar surface area (TPSA) is 122 Å². The molecule has 0 unspecified atom stereocenters. The minimum absolute atomic E-state index is 0.102. The van der Waals surface area contributed by atoms with Crippen molar-refractivity contribution in [2.45, 2.75) is 13.2 Å². The van der Waals surface area contributed by atoms with Crippen molar-refractivity contribution in [3.05, 3.63) is 59.6 Å². The molecule has 1 fully saturated rings. The second-order valence-corrected chi connectivity index (χ2v) is 9.77. The van der Waals surface area contributed by atoms with Crippen LogP contribution in [0.5, 0.6) is 5.75 Å². The second kappa shape index (κ2) is 12.6. The fourth-order valence-corrected chi connectivity index (χ4v) is 4.76. The molecule has 1 aromatic carbocycles. The van der Waals surface area contributed by atoms with Gasteiger partial charge in [0.25, 0.3) is 5.91 Å². The fraction of sp³-hybridized carbons (Fsp3) is 0.346. The van der Waals surface area contributed by atoms with E-state index in [-0.39, 0.29) is 45.7 Å². The smallest absolute Gasteiger partial charge is 0.387 e. The van der Waals surface area contributed by atoms with Crippen molar-refractivity contribution in [3.63, 3.8) is 0 Å². The molecule has 12 nitrogen and oxygen atoms in total. The number of carbonyl (C=O) groups excluding carboxylic acids is 2. The first-order valence-corrected chi connectivity index (χ1v) is 13.3. The molecular weight excluding hydrogens is 560 g/mol. The number of carbonyl (C=O) groups is 2.